The van der Waals surface area contributed by atoms with Crippen molar-refractivity contribution >= 4 is 22.8 Å². The zero-order valence-electron chi connectivity index (χ0n) is 20.0. The second kappa shape index (κ2) is 9.95. The summed E-state index contributed by atoms with van der Waals surface area (Å²) in [4.78, 5) is 25.4. The van der Waals surface area contributed by atoms with Crippen molar-refractivity contribution in [1.29, 1.82) is 0 Å². The Balaban J connectivity index is 1.35. The maximum atomic E-state index is 13.7. The molecule has 5 rings (SSSR count). The molecule has 7 heteroatoms. The molecule has 6 nitrogen and oxygen atoms in total. The molecule has 0 N–H and O–H groups in total. The average Bonchev–Trinajstić information content (AvgIpc) is 3.46. The summed E-state index contributed by atoms with van der Waals surface area (Å²) < 4.78 is 33.2. The predicted octanol–water partition coefficient (Wildman–Crippen LogP) is 5.77. The maximum absolute atomic E-state index is 13.7. The monoisotopic (exact) mass is 487 g/mol. The second-order valence-electron chi connectivity index (χ2n) is 9.07. The Morgan fingerprint density at radius 1 is 0.917 bits per heavy atom. The number of rotatable bonds is 6. The van der Waals surface area contributed by atoms with E-state index in [2.05, 4.69) is 0 Å². The lowest BCUT2D eigenvalue weighted by atomic mass is 10.1. The highest BCUT2D eigenvalue weighted by molar-refractivity contribution is 5.90. The summed E-state index contributed by atoms with van der Waals surface area (Å²) in [5.74, 6) is -1.27. The molecule has 3 atom stereocenters. The summed E-state index contributed by atoms with van der Waals surface area (Å²) in [5, 5.41) is 0.737. The molecular formula is C29H26FNO5. The van der Waals surface area contributed by atoms with Crippen LogP contribution in [-0.4, -0.2) is 35.3 Å². The third kappa shape index (κ3) is 5.02. The fourth-order valence-electron chi connectivity index (χ4n) is 4.36. The molecular weight excluding hydrogens is 461 g/mol. The van der Waals surface area contributed by atoms with Gasteiger partial charge in [0.15, 0.2) is 0 Å². The minimum atomic E-state index is -0.670. The van der Waals surface area contributed by atoms with Crippen LogP contribution in [-0.2, 0) is 14.2 Å². The first kappa shape index (κ1) is 23.8. The lowest BCUT2D eigenvalue weighted by Crippen LogP contribution is -2.32. The van der Waals surface area contributed by atoms with Gasteiger partial charge in [0.05, 0.1) is 16.6 Å². The highest BCUT2D eigenvalue weighted by Crippen LogP contribution is 2.34. The fraction of sp³-hybridized carbons (Fsp3) is 0.241. The van der Waals surface area contributed by atoms with E-state index < -0.39 is 30.4 Å². The highest BCUT2D eigenvalue weighted by Gasteiger charge is 2.40. The smallest absolute Gasteiger partial charge is 0.338 e. The van der Waals surface area contributed by atoms with Gasteiger partial charge in [-0.3, -0.25) is 0 Å². The van der Waals surface area contributed by atoms with Crippen LogP contribution < -0.4 is 0 Å². The number of fused-ring (bicyclic) bond motifs is 1. The van der Waals surface area contributed by atoms with Crippen molar-refractivity contribution in [3.8, 4) is 0 Å². The normalized spacial score (nSPS) is 19.4. The van der Waals surface area contributed by atoms with Crippen LogP contribution in [0, 0.1) is 19.7 Å². The van der Waals surface area contributed by atoms with Crippen LogP contribution >= 0.6 is 0 Å². The van der Waals surface area contributed by atoms with Gasteiger partial charge in [-0.05, 0) is 62.4 Å². The summed E-state index contributed by atoms with van der Waals surface area (Å²) in [6.07, 6.45) is 0.371. The minimum absolute atomic E-state index is 0.0805. The molecule has 0 aliphatic carbocycles. The molecule has 0 amide bonds. The second-order valence-corrected chi connectivity index (χ2v) is 9.07. The SMILES string of the molecule is Cc1ccc(C(=O)OC[C@H]2O[C@@H](n3ccc4cc(F)ccc43)C[C@@H]2OC(=O)c2ccc(C)cc2)cc1. The van der Waals surface area contributed by atoms with Gasteiger partial charge in [-0.1, -0.05) is 35.4 Å². The molecule has 1 aromatic heterocycles. The Bertz CT molecular complexity index is 1390. The number of halogens is 1. The lowest BCUT2D eigenvalue weighted by Gasteiger charge is -2.19. The van der Waals surface area contributed by atoms with Gasteiger partial charge in [-0.25, -0.2) is 14.0 Å². The van der Waals surface area contributed by atoms with Gasteiger partial charge in [-0.15, -0.1) is 0 Å². The molecule has 0 radical (unpaired) electrons. The quantitative estimate of drug-likeness (QED) is 0.323. The van der Waals surface area contributed by atoms with E-state index in [1.165, 1.54) is 12.1 Å². The van der Waals surface area contributed by atoms with Crippen molar-refractivity contribution in [1.82, 2.24) is 4.57 Å². The third-order valence-corrected chi connectivity index (χ3v) is 6.38. The van der Waals surface area contributed by atoms with Gasteiger partial charge < -0.3 is 18.8 Å². The average molecular weight is 488 g/mol. The van der Waals surface area contributed by atoms with Crippen LogP contribution in [0.5, 0.6) is 0 Å². The number of aryl methyl sites for hydroxylation is 2. The van der Waals surface area contributed by atoms with E-state index >= 15 is 0 Å². The Labute approximate surface area is 208 Å². The zero-order valence-corrected chi connectivity index (χ0v) is 20.0. The van der Waals surface area contributed by atoms with Gasteiger partial charge in [0.1, 0.15) is 30.9 Å². The van der Waals surface area contributed by atoms with Crippen molar-refractivity contribution in [2.24, 2.45) is 0 Å². The number of ether oxygens (including phenoxy) is 3. The van der Waals surface area contributed by atoms with E-state index in [4.69, 9.17) is 14.2 Å². The number of carbonyl (C=O) groups is 2. The first-order valence-electron chi connectivity index (χ1n) is 11.8. The molecule has 3 aromatic carbocycles. The van der Waals surface area contributed by atoms with Crippen molar-refractivity contribution in [2.75, 3.05) is 6.61 Å². The Morgan fingerprint density at radius 2 is 1.56 bits per heavy atom. The minimum Gasteiger partial charge on any atom is -0.459 e. The summed E-state index contributed by atoms with van der Waals surface area (Å²) in [5.41, 5.74) is 3.73. The van der Waals surface area contributed by atoms with Crippen molar-refractivity contribution in [3.05, 3.63) is 107 Å². The third-order valence-electron chi connectivity index (χ3n) is 6.38. The molecule has 1 saturated heterocycles. The molecule has 0 unspecified atom stereocenters. The Kier molecular flexibility index (Phi) is 6.57. The number of hydrogen-bond acceptors (Lipinski definition) is 5. The van der Waals surface area contributed by atoms with Gasteiger partial charge >= 0.3 is 11.9 Å². The van der Waals surface area contributed by atoms with Crippen molar-refractivity contribution in [3.63, 3.8) is 0 Å². The fourth-order valence-corrected chi connectivity index (χ4v) is 4.36. The molecule has 0 spiro atoms. The van der Waals surface area contributed by atoms with E-state index in [9.17, 15) is 14.0 Å². The predicted molar refractivity (Wildman–Crippen MR) is 132 cm³/mol. The molecule has 1 fully saturated rings. The molecule has 36 heavy (non-hydrogen) atoms. The van der Waals surface area contributed by atoms with Gasteiger partial charge in [0.2, 0.25) is 0 Å². The molecule has 0 bridgehead atoms. The van der Waals surface area contributed by atoms with E-state index in [0.29, 0.717) is 17.5 Å². The zero-order chi connectivity index (χ0) is 25.2. The van der Waals surface area contributed by atoms with Crippen LogP contribution in [0.4, 0.5) is 4.39 Å². The van der Waals surface area contributed by atoms with Crippen LogP contribution in [0.15, 0.2) is 79.0 Å². The maximum Gasteiger partial charge on any atom is 0.338 e. The largest absolute Gasteiger partial charge is 0.459 e. The van der Waals surface area contributed by atoms with E-state index in [1.807, 2.05) is 48.9 Å². The van der Waals surface area contributed by atoms with E-state index in [0.717, 1.165) is 22.0 Å². The van der Waals surface area contributed by atoms with Crippen LogP contribution in [0.25, 0.3) is 10.9 Å². The number of aromatic nitrogens is 1. The van der Waals surface area contributed by atoms with E-state index in [-0.39, 0.29) is 12.4 Å². The van der Waals surface area contributed by atoms with E-state index in [1.54, 1.807) is 36.4 Å². The molecule has 1 aliphatic heterocycles. The lowest BCUT2D eigenvalue weighted by molar-refractivity contribution is -0.0561. The number of nitrogens with zero attached hydrogens (tertiary/aromatic N) is 1. The number of carbonyl (C=O) groups excluding carboxylic acids is 2. The molecule has 0 saturated carbocycles. The van der Waals surface area contributed by atoms with Gasteiger partial charge in [0, 0.05) is 18.0 Å². The first-order valence-corrected chi connectivity index (χ1v) is 11.8. The number of esters is 2. The first-order chi connectivity index (χ1) is 17.4. The standard InChI is InChI=1S/C29H26FNO5/c1-18-3-7-20(8-4-18)28(32)34-17-26-25(36-29(33)21-9-5-19(2)6-10-21)16-27(35-26)31-14-13-22-15-23(30)11-12-24(22)31/h3-15,25-27H,16-17H2,1-2H3/t25-,26+,27+/m0/s1. The topological polar surface area (TPSA) is 66.8 Å². The number of hydrogen-bond donors (Lipinski definition) is 0. The molecule has 1 aliphatic rings. The van der Waals surface area contributed by atoms with Crippen LogP contribution in [0.2, 0.25) is 0 Å². The number of benzene rings is 3. The highest BCUT2D eigenvalue weighted by atomic mass is 19.1. The van der Waals surface area contributed by atoms with Crippen molar-refractivity contribution < 1.29 is 28.2 Å². The summed E-state index contributed by atoms with van der Waals surface area (Å²) in [6.45, 7) is 3.80. The van der Waals surface area contributed by atoms with Crippen molar-refractivity contribution in [2.45, 2.75) is 38.7 Å². The summed E-state index contributed by atoms with van der Waals surface area (Å²) >= 11 is 0. The molecule has 4 aromatic rings. The van der Waals surface area contributed by atoms with Gasteiger partial charge in [0.25, 0.3) is 0 Å². The van der Waals surface area contributed by atoms with Crippen LogP contribution in [0.1, 0.15) is 44.5 Å². The summed E-state index contributed by atoms with van der Waals surface area (Å²) in [6, 6.07) is 20.5. The molecule has 184 valence electrons. The molecule has 2 heterocycles. The van der Waals surface area contributed by atoms with Gasteiger partial charge in [-0.2, -0.15) is 0 Å². The van der Waals surface area contributed by atoms with Crippen LogP contribution in [0.3, 0.4) is 0 Å². The Morgan fingerprint density at radius 3 is 2.22 bits per heavy atom. The summed E-state index contributed by atoms with van der Waals surface area (Å²) in [7, 11) is 0. The Hall–Kier alpha value is -3.97.